The van der Waals surface area contributed by atoms with Crippen molar-refractivity contribution in [1.29, 1.82) is 0 Å². The third-order valence-electron chi connectivity index (χ3n) is 1.39. The minimum absolute atomic E-state index is 0.223. The number of rotatable bonds is 3. The molecule has 1 rings (SSSR count). The third-order valence-corrected chi connectivity index (χ3v) is 2.58. The molecule has 4 nitrogen and oxygen atoms in total. The predicted octanol–water partition coefficient (Wildman–Crippen LogP) is 1.31. The van der Waals surface area contributed by atoms with Crippen LogP contribution in [0.3, 0.4) is 0 Å². The summed E-state index contributed by atoms with van der Waals surface area (Å²) in [7, 11) is -3.96. The van der Waals surface area contributed by atoms with Crippen LogP contribution in [-0.2, 0) is 21.1 Å². The van der Waals surface area contributed by atoms with Crippen molar-refractivity contribution in [3.8, 4) is 0 Å². The van der Waals surface area contributed by atoms with Crippen molar-refractivity contribution in [3.05, 3.63) is 34.1 Å². The van der Waals surface area contributed by atoms with Crippen molar-refractivity contribution in [1.82, 2.24) is 0 Å². The van der Waals surface area contributed by atoms with E-state index in [9.17, 15) is 12.8 Å². The first-order chi connectivity index (χ1) is 6.38. The maximum Gasteiger partial charge on any atom is 0.333 e. The molecule has 0 unspecified atom stereocenters. The summed E-state index contributed by atoms with van der Waals surface area (Å²) in [4.78, 5) is 0. The highest BCUT2D eigenvalue weighted by Crippen LogP contribution is 2.18. The first-order valence-corrected chi connectivity index (χ1v) is 5.76. The van der Waals surface area contributed by atoms with Crippen LogP contribution in [-0.4, -0.2) is 8.42 Å². The van der Waals surface area contributed by atoms with E-state index in [1.165, 1.54) is 18.2 Å². The highest BCUT2D eigenvalue weighted by Gasteiger charge is 2.06. The first-order valence-electron chi connectivity index (χ1n) is 3.49. The molecule has 0 aliphatic rings. The highest BCUT2D eigenvalue weighted by atomic mass is 79.9. The first kappa shape index (κ1) is 11.6. The zero-order chi connectivity index (χ0) is 10.8. The molecule has 0 fully saturated rings. The summed E-state index contributed by atoms with van der Waals surface area (Å²) < 4.78 is 38.3. The van der Waals surface area contributed by atoms with Gasteiger partial charge >= 0.3 is 10.3 Å². The molecule has 0 saturated carbocycles. The van der Waals surface area contributed by atoms with Crippen molar-refractivity contribution in [2.75, 3.05) is 0 Å². The molecule has 1 aromatic carbocycles. The maximum absolute atomic E-state index is 12.6. The summed E-state index contributed by atoms with van der Waals surface area (Å²) in [6, 6.07) is 3.82. The fourth-order valence-electron chi connectivity index (χ4n) is 0.784. The van der Waals surface area contributed by atoms with Crippen LogP contribution in [0, 0.1) is 5.82 Å². The molecular formula is C7H7BrFNO3S. The molecule has 0 bridgehead atoms. The van der Waals surface area contributed by atoms with Crippen LogP contribution in [0.25, 0.3) is 0 Å². The molecule has 0 aliphatic heterocycles. The van der Waals surface area contributed by atoms with Crippen LogP contribution < -0.4 is 5.14 Å². The quantitative estimate of drug-likeness (QED) is 0.909. The van der Waals surface area contributed by atoms with Crippen LogP contribution in [0.5, 0.6) is 0 Å². The Kier molecular flexibility index (Phi) is 3.59. The smallest absolute Gasteiger partial charge is 0.253 e. The molecule has 0 saturated heterocycles. The molecule has 2 N–H and O–H groups in total. The van der Waals surface area contributed by atoms with Gasteiger partial charge in [-0.2, -0.15) is 8.42 Å². The molecule has 0 amide bonds. The van der Waals surface area contributed by atoms with Gasteiger partial charge in [-0.25, -0.2) is 9.53 Å². The zero-order valence-corrected chi connectivity index (χ0v) is 9.31. The van der Waals surface area contributed by atoms with Gasteiger partial charge in [0.25, 0.3) is 0 Å². The molecule has 78 valence electrons. The summed E-state index contributed by atoms with van der Waals surface area (Å²) in [5.41, 5.74) is 0.500. The van der Waals surface area contributed by atoms with Gasteiger partial charge in [0, 0.05) is 4.47 Å². The Labute approximate surface area is 89.3 Å². The largest absolute Gasteiger partial charge is 0.333 e. The second-order valence-corrected chi connectivity index (χ2v) is 4.57. The van der Waals surface area contributed by atoms with Crippen LogP contribution in [0.15, 0.2) is 22.7 Å². The van der Waals surface area contributed by atoms with Gasteiger partial charge in [-0.3, -0.25) is 4.18 Å². The van der Waals surface area contributed by atoms with Gasteiger partial charge in [-0.15, -0.1) is 0 Å². The SMILES string of the molecule is NS(=O)(=O)OCc1ccc(F)cc1Br. The van der Waals surface area contributed by atoms with E-state index in [-0.39, 0.29) is 6.61 Å². The molecule has 7 heteroatoms. The van der Waals surface area contributed by atoms with E-state index in [4.69, 9.17) is 0 Å². The summed E-state index contributed by atoms with van der Waals surface area (Å²) in [5, 5.41) is 4.62. The van der Waals surface area contributed by atoms with E-state index in [2.05, 4.69) is 25.3 Å². The highest BCUT2D eigenvalue weighted by molar-refractivity contribution is 9.10. The van der Waals surface area contributed by atoms with E-state index in [0.29, 0.717) is 10.0 Å². The molecular weight excluding hydrogens is 277 g/mol. The molecule has 0 aliphatic carbocycles. The monoisotopic (exact) mass is 283 g/mol. The lowest BCUT2D eigenvalue weighted by atomic mass is 10.2. The second-order valence-electron chi connectivity index (χ2n) is 2.49. The number of nitrogens with two attached hydrogens (primary N) is 1. The minimum atomic E-state index is -3.96. The third kappa shape index (κ3) is 3.70. The lowest BCUT2D eigenvalue weighted by Crippen LogP contribution is -2.15. The van der Waals surface area contributed by atoms with Gasteiger partial charge in [-0.1, -0.05) is 22.0 Å². The molecule has 0 atom stereocenters. The topological polar surface area (TPSA) is 69.4 Å². The fourth-order valence-corrected chi connectivity index (χ4v) is 1.54. The van der Waals surface area contributed by atoms with Gasteiger partial charge < -0.3 is 0 Å². The Hall–Kier alpha value is -0.500. The van der Waals surface area contributed by atoms with Crippen molar-refractivity contribution >= 4 is 26.2 Å². The second kappa shape index (κ2) is 4.35. The van der Waals surface area contributed by atoms with Gasteiger partial charge in [0.1, 0.15) is 5.82 Å². The Morgan fingerprint density at radius 3 is 2.64 bits per heavy atom. The fraction of sp³-hybridized carbons (Fsp3) is 0.143. The van der Waals surface area contributed by atoms with Gasteiger partial charge in [0.05, 0.1) is 6.61 Å². The van der Waals surface area contributed by atoms with E-state index >= 15 is 0 Å². The van der Waals surface area contributed by atoms with Crippen molar-refractivity contribution in [2.24, 2.45) is 5.14 Å². The molecule has 1 aromatic rings. The van der Waals surface area contributed by atoms with E-state index in [1.807, 2.05) is 0 Å². The van der Waals surface area contributed by atoms with E-state index in [0.717, 1.165) is 0 Å². The summed E-state index contributed by atoms with van der Waals surface area (Å²) in [5.74, 6) is -0.420. The summed E-state index contributed by atoms with van der Waals surface area (Å²) in [6.07, 6.45) is 0. The Bertz CT molecular complexity index is 435. The number of halogens is 2. The van der Waals surface area contributed by atoms with E-state index in [1.54, 1.807) is 0 Å². The van der Waals surface area contributed by atoms with Crippen LogP contribution >= 0.6 is 15.9 Å². The minimum Gasteiger partial charge on any atom is -0.253 e. The van der Waals surface area contributed by atoms with Crippen molar-refractivity contribution < 1.29 is 17.0 Å². The zero-order valence-electron chi connectivity index (χ0n) is 6.91. The van der Waals surface area contributed by atoms with Crippen LogP contribution in [0.1, 0.15) is 5.56 Å². The van der Waals surface area contributed by atoms with Gasteiger partial charge in [0.15, 0.2) is 0 Å². The number of benzene rings is 1. The van der Waals surface area contributed by atoms with Crippen molar-refractivity contribution in [3.63, 3.8) is 0 Å². The van der Waals surface area contributed by atoms with Crippen LogP contribution in [0.4, 0.5) is 4.39 Å². The lowest BCUT2D eigenvalue weighted by molar-refractivity contribution is 0.308. The molecule has 14 heavy (non-hydrogen) atoms. The number of hydrogen-bond donors (Lipinski definition) is 1. The van der Waals surface area contributed by atoms with E-state index < -0.39 is 16.1 Å². The maximum atomic E-state index is 12.6. The standard InChI is InChI=1S/C7H7BrFNO3S/c8-7-3-6(9)2-1-5(7)4-13-14(10,11)12/h1-3H,4H2,(H2,10,11,12). The number of hydrogen-bond acceptors (Lipinski definition) is 3. The average Bonchev–Trinajstić information content (AvgIpc) is 2.00. The summed E-state index contributed by atoms with van der Waals surface area (Å²) in [6.45, 7) is -0.223. The average molecular weight is 284 g/mol. The Morgan fingerprint density at radius 2 is 2.14 bits per heavy atom. The normalized spacial score (nSPS) is 11.6. The predicted molar refractivity (Wildman–Crippen MR) is 52.0 cm³/mol. The molecule has 0 aromatic heterocycles. The van der Waals surface area contributed by atoms with Gasteiger partial charge in [-0.05, 0) is 17.7 Å². The Morgan fingerprint density at radius 1 is 1.50 bits per heavy atom. The molecule has 0 radical (unpaired) electrons. The van der Waals surface area contributed by atoms with Crippen molar-refractivity contribution in [2.45, 2.75) is 6.61 Å². The lowest BCUT2D eigenvalue weighted by Gasteiger charge is -2.03. The van der Waals surface area contributed by atoms with Crippen LogP contribution in [0.2, 0.25) is 0 Å². The van der Waals surface area contributed by atoms with Gasteiger partial charge in [0.2, 0.25) is 0 Å². The molecule has 0 spiro atoms. The summed E-state index contributed by atoms with van der Waals surface area (Å²) >= 11 is 3.06. The molecule has 0 heterocycles. The Balaban J connectivity index is 2.78.